The maximum absolute atomic E-state index is 12.1. The molecule has 0 amide bonds. The molecular formula is C18H29N4O6PS3Si. The number of rotatable bonds is 6. The number of H-pyrrole nitrogens is 1. The summed E-state index contributed by atoms with van der Waals surface area (Å²) in [6, 6.07) is -0.540. The summed E-state index contributed by atoms with van der Waals surface area (Å²) < 4.78 is 18.2. The van der Waals surface area contributed by atoms with Crippen molar-refractivity contribution >= 4 is 58.7 Å². The van der Waals surface area contributed by atoms with Crippen LogP contribution in [0.4, 0.5) is 0 Å². The van der Waals surface area contributed by atoms with Gasteiger partial charge in [-0.1, -0.05) is 43.5 Å². The molecule has 184 valence electrons. The van der Waals surface area contributed by atoms with Gasteiger partial charge in [-0.15, -0.1) is 0 Å². The van der Waals surface area contributed by atoms with E-state index in [4.69, 9.17) is 25.5 Å². The van der Waals surface area contributed by atoms with Gasteiger partial charge in [0.15, 0.2) is 30.4 Å². The zero-order valence-corrected chi connectivity index (χ0v) is 23.4. The molecular weight excluding hydrogens is 523 g/mol. The zero-order chi connectivity index (χ0) is 24.2. The Morgan fingerprint density at radius 3 is 2.70 bits per heavy atom. The van der Waals surface area contributed by atoms with E-state index in [-0.39, 0.29) is 22.8 Å². The molecule has 0 radical (unpaired) electrons. The van der Waals surface area contributed by atoms with Crippen molar-refractivity contribution in [2.45, 2.75) is 63.4 Å². The number of aromatic nitrogens is 4. The molecule has 0 aromatic carbocycles. The molecule has 0 saturated carbocycles. The maximum atomic E-state index is 12.1. The van der Waals surface area contributed by atoms with Crippen LogP contribution in [0, 0.1) is 0 Å². The highest BCUT2D eigenvalue weighted by Crippen LogP contribution is 2.75. The molecule has 4 atom stereocenters. The molecule has 0 spiro atoms. The van der Waals surface area contributed by atoms with Crippen molar-refractivity contribution in [3.8, 4) is 6.01 Å². The van der Waals surface area contributed by atoms with Gasteiger partial charge in [0.25, 0.3) is 11.6 Å². The van der Waals surface area contributed by atoms with Crippen LogP contribution in [-0.2, 0) is 25.5 Å². The number of aromatic hydroxyl groups is 1. The summed E-state index contributed by atoms with van der Waals surface area (Å²) in [6.45, 7) is 11.0. The van der Waals surface area contributed by atoms with Gasteiger partial charge in [0.2, 0.25) is 0 Å². The number of ether oxygens (including phenoxy) is 1. The molecule has 0 unspecified atom stereocenters. The third-order valence-corrected chi connectivity index (χ3v) is 20.5. The summed E-state index contributed by atoms with van der Waals surface area (Å²) in [6.07, 6.45) is -1.95. The minimum absolute atomic E-state index is 0.00634. The topological polar surface area (TPSA) is 132 Å². The van der Waals surface area contributed by atoms with Gasteiger partial charge in [0.05, 0.1) is 12.9 Å². The molecule has 15 heteroatoms. The SMILES string of the molecule is CC(C)(C)[Si](C)(C)OC[C@H]1O[C@@H](n2cnc3c(=O)[nH]c(O)nc32)[C@H](O)[C@@H]1OP1(=S)SCCS1. The Morgan fingerprint density at radius 1 is 1.39 bits per heavy atom. The average Bonchev–Trinajstić information content (AvgIpc) is 3.39. The normalized spacial score (nSPS) is 28.1. The first-order valence-electron chi connectivity index (χ1n) is 10.5. The highest BCUT2D eigenvalue weighted by atomic mass is 33.2. The van der Waals surface area contributed by atoms with Crippen LogP contribution in [0.5, 0.6) is 6.01 Å². The van der Waals surface area contributed by atoms with Gasteiger partial charge in [-0.25, -0.2) is 4.98 Å². The Morgan fingerprint density at radius 2 is 2.06 bits per heavy atom. The number of hydrogen-bond donors (Lipinski definition) is 3. The number of imidazole rings is 1. The van der Waals surface area contributed by atoms with Crippen molar-refractivity contribution in [1.29, 1.82) is 0 Å². The molecule has 0 aliphatic carbocycles. The van der Waals surface area contributed by atoms with Crippen molar-refractivity contribution in [3.05, 3.63) is 16.7 Å². The minimum Gasteiger partial charge on any atom is -0.480 e. The van der Waals surface area contributed by atoms with Crippen LogP contribution >= 0.6 is 27.4 Å². The first kappa shape index (κ1) is 25.6. The van der Waals surface area contributed by atoms with Crippen molar-refractivity contribution in [1.82, 2.24) is 19.5 Å². The average molecular weight is 553 g/mol. The maximum Gasteiger partial charge on any atom is 0.296 e. The summed E-state index contributed by atoms with van der Waals surface area (Å²) >= 11 is 9.04. The van der Waals surface area contributed by atoms with E-state index in [1.54, 1.807) is 22.8 Å². The van der Waals surface area contributed by atoms with Crippen molar-refractivity contribution in [2.75, 3.05) is 18.1 Å². The van der Waals surface area contributed by atoms with Gasteiger partial charge in [0.1, 0.15) is 18.3 Å². The van der Waals surface area contributed by atoms with Gasteiger partial charge in [-0.3, -0.25) is 14.3 Å². The second kappa shape index (κ2) is 9.21. The smallest absolute Gasteiger partial charge is 0.296 e. The monoisotopic (exact) mass is 552 g/mol. The lowest BCUT2D eigenvalue weighted by molar-refractivity contribution is -0.0483. The van der Waals surface area contributed by atoms with E-state index in [2.05, 4.69) is 48.8 Å². The van der Waals surface area contributed by atoms with Crippen LogP contribution in [-0.4, -0.2) is 74.5 Å². The molecule has 2 aliphatic heterocycles. The van der Waals surface area contributed by atoms with Crippen LogP contribution in [0.3, 0.4) is 0 Å². The fourth-order valence-electron chi connectivity index (χ4n) is 3.37. The Labute approximate surface area is 205 Å². The summed E-state index contributed by atoms with van der Waals surface area (Å²) in [5.74, 6) is 1.83. The lowest BCUT2D eigenvalue weighted by Gasteiger charge is -2.37. The largest absolute Gasteiger partial charge is 0.480 e. The van der Waals surface area contributed by atoms with Gasteiger partial charge < -0.3 is 23.9 Å². The highest BCUT2D eigenvalue weighted by molar-refractivity contribution is 9.00. The van der Waals surface area contributed by atoms with Crippen LogP contribution in [0.1, 0.15) is 27.0 Å². The molecule has 2 saturated heterocycles. The van der Waals surface area contributed by atoms with Crippen LogP contribution in [0.2, 0.25) is 18.1 Å². The predicted molar refractivity (Wildman–Crippen MR) is 137 cm³/mol. The fourth-order valence-corrected chi connectivity index (χ4v) is 13.7. The van der Waals surface area contributed by atoms with E-state index in [1.165, 1.54) is 10.9 Å². The summed E-state index contributed by atoms with van der Waals surface area (Å²) in [5, 5.41) is 21.1. The molecule has 4 heterocycles. The molecule has 2 fully saturated rings. The van der Waals surface area contributed by atoms with E-state index in [0.29, 0.717) is 0 Å². The second-order valence-electron chi connectivity index (χ2n) is 9.52. The molecule has 2 aromatic rings. The number of nitrogens with one attached hydrogen (secondary N) is 1. The third-order valence-electron chi connectivity index (χ3n) is 6.25. The van der Waals surface area contributed by atoms with Crippen molar-refractivity contribution < 1.29 is 23.9 Å². The van der Waals surface area contributed by atoms with Crippen LogP contribution in [0.15, 0.2) is 11.1 Å². The second-order valence-corrected chi connectivity index (χ2v) is 25.0. The van der Waals surface area contributed by atoms with Gasteiger partial charge in [-0.05, 0) is 29.9 Å². The molecule has 2 aliphatic rings. The Bertz CT molecular complexity index is 1130. The van der Waals surface area contributed by atoms with E-state index >= 15 is 0 Å². The molecule has 0 bridgehead atoms. The molecule has 33 heavy (non-hydrogen) atoms. The predicted octanol–water partition coefficient (Wildman–Crippen LogP) is 3.20. The van der Waals surface area contributed by atoms with E-state index in [1.807, 2.05) is 0 Å². The first-order chi connectivity index (χ1) is 15.3. The lowest BCUT2D eigenvalue weighted by Crippen LogP contribution is -2.44. The van der Waals surface area contributed by atoms with E-state index < -0.39 is 49.1 Å². The lowest BCUT2D eigenvalue weighted by atomic mass is 10.1. The summed E-state index contributed by atoms with van der Waals surface area (Å²) in [7, 11) is -2.09. The number of aliphatic hydroxyl groups is 1. The van der Waals surface area contributed by atoms with Crippen LogP contribution < -0.4 is 5.56 Å². The third kappa shape index (κ3) is 5.10. The molecule has 2 aromatic heterocycles. The highest BCUT2D eigenvalue weighted by Gasteiger charge is 2.50. The Hall–Kier alpha value is -0.443. The standard InChI is InChI=1S/C18H29N4O6PS3Si/c1-18(2,3)33(4,5)26-8-10-13(28-29(30)31-6-7-32-29)12(23)16(27-10)22-9-19-11-14(22)20-17(25)21-15(11)24/h9-10,12-13,16,23H,6-8H2,1-5H3,(H2,20,21,24,25)/t10-,12-,13-,16-/m1/s1. The molecule has 4 rings (SSSR count). The van der Waals surface area contributed by atoms with E-state index in [0.717, 1.165) is 11.5 Å². The molecule has 3 N–H and O–H groups in total. The fraction of sp³-hybridized carbons (Fsp3) is 0.722. The Balaban J connectivity index is 1.65. The summed E-state index contributed by atoms with van der Waals surface area (Å²) in [4.78, 5) is 22.4. The number of aromatic amines is 1. The van der Waals surface area contributed by atoms with Gasteiger partial charge in [0, 0.05) is 11.5 Å². The zero-order valence-electron chi connectivity index (χ0n) is 19.0. The number of nitrogens with zero attached hydrogens (tertiary/aromatic N) is 3. The number of hydrogen-bond acceptors (Lipinski definition) is 11. The quantitative estimate of drug-likeness (QED) is 0.361. The number of aliphatic hydroxyl groups excluding tert-OH is 1. The summed E-state index contributed by atoms with van der Waals surface area (Å²) in [5.41, 5.74) is -0.433. The van der Waals surface area contributed by atoms with Crippen LogP contribution in [0.25, 0.3) is 11.2 Å². The van der Waals surface area contributed by atoms with Gasteiger partial charge in [-0.2, -0.15) is 4.98 Å². The number of fused-ring (bicyclic) bond motifs is 1. The van der Waals surface area contributed by atoms with Crippen molar-refractivity contribution in [3.63, 3.8) is 0 Å². The van der Waals surface area contributed by atoms with E-state index in [9.17, 15) is 15.0 Å². The minimum atomic E-state index is -2.21. The van der Waals surface area contributed by atoms with Gasteiger partial charge >= 0.3 is 0 Å². The first-order valence-corrected chi connectivity index (χ1v) is 19.3. The molecule has 10 nitrogen and oxygen atoms in total. The Kier molecular flexibility index (Phi) is 7.16. The van der Waals surface area contributed by atoms with Crippen molar-refractivity contribution in [2.24, 2.45) is 0 Å².